The van der Waals surface area contributed by atoms with Crippen LogP contribution in [-0.2, 0) is 14.4 Å². The molecule has 6 heteroatoms. The van der Waals surface area contributed by atoms with Crippen molar-refractivity contribution < 1.29 is 29.7 Å². The van der Waals surface area contributed by atoms with Crippen molar-refractivity contribution in [1.29, 1.82) is 0 Å². The first-order valence-electron chi connectivity index (χ1n) is 8.30. The van der Waals surface area contributed by atoms with Gasteiger partial charge in [0.25, 0.3) is 0 Å². The Bertz CT molecular complexity index is 425. The second kappa shape index (κ2) is 12.7. The fraction of sp³-hybridized carbons (Fsp3) is 0.706. The van der Waals surface area contributed by atoms with Crippen molar-refractivity contribution in [3.63, 3.8) is 0 Å². The number of carboxylic acids is 3. The summed E-state index contributed by atoms with van der Waals surface area (Å²) in [5.41, 5.74) is -0.451. The molecule has 0 aliphatic heterocycles. The third-order valence-electron chi connectivity index (χ3n) is 3.75. The van der Waals surface area contributed by atoms with Gasteiger partial charge in [-0.2, -0.15) is 0 Å². The lowest BCUT2D eigenvalue weighted by atomic mass is 9.97. The van der Waals surface area contributed by atoms with Crippen molar-refractivity contribution in [3.8, 4) is 0 Å². The number of aliphatic carboxylic acids is 3. The lowest BCUT2D eigenvalue weighted by Crippen LogP contribution is -2.13. The van der Waals surface area contributed by atoms with E-state index in [0.29, 0.717) is 6.42 Å². The maximum absolute atomic E-state index is 11.3. The number of hydrogen-bond donors (Lipinski definition) is 3. The maximum atomic E-state index is 11.3. The van der Waals surface area contributed by atoms with E-state index >= 15 is 0 Å². The molecule has 0 atom stereocenters. The minimum Gasteiger partial charge on any atom is -0.481 e. The summed E-state index contributed by atoms with van der Waals surface area (Å²) in [7, 11) is 0. The summed E-state index contributed by atoms with van der Waals surface area (Å²) in [5, 5.41) is 26.9. The fourth-order valence-electron chi connectivity index (χ4n) is 2.44. The van der Waals surface area contributed by atoms with E-state index in [2.05, 4.69) is 6.92 Å². The van der Waals surface area contributed by atoms with E-state index < -0.39 is 17.9 Å². The summed E-state index contributed by atoms with van der Waals surface area (Å²) in [6, 6.07) is 0. The highest BCUT2D eigenvalue weighted by molar-refractivity contribution is 5.99. The molecular weight excluding hydrogens is 300 g/mol. The van der Waals surface area contributed by atoms with Gasteiger partial charge in [-0.05, 0) is 19.3 Å². The Labute approximate surface area is 137 Å². The van der Waals surface area contributed by atoms with Gasteiger partial charge < -0.3 is 15.3 Å². The number of carbonyl (C=O) groups is 3. The summed E-state index contributed by atoms with van der Waals surface area (Å²) in [4.78, 5) is 33.0. The molecular formula is C17H28O6. The van der Waals surface area contributed by atoms with Crippen LogP contribution < -0.4 is 0 Å². The number of hydrogen-bond acceptors (Lipinski definition) is 3. The van der Waals surface area contributed by atoms with E-state index in [-0.39, 0.29) is 30.4 Å². The Morgan fingerprint density at radius 1 is 0.609 bits per heavy atom. The van der Waals surface area contributed by atoms with Crippen LogP contribution in [0.15, 0.2) is 11.1 Å². The normalized spacial score (nSPS) is 11.9. The smallest absolute Gasteiger partial charge is 0.332 e. The summed E-state index contributed by atoms with van der Waals surface area (Å²) >= 11 is 0. The van der Waals surface area contributed by atoms with Gasteiger partial charge >= 0.3 is 17.9 Å². The Morgan fingerprint density at radius 3 is 1.48 bits per heavy atom. The Balaban J connectivity index is 4.41. The maximum Gasteiger partial charge on any atom is 0.332 e. The Kier molecular flexibility index (Phi) is 11.7. The molecule has 23 heavy (non-hydrogen) atoms. The second-order valence-electron chi connectivity index (χ2n) is 5.69. The van der Waals surface area contributed by atoms with Crippen LogP contribution in [0.1, 0.15) is 77.6 Å². The van der Waals surface area contributed by atoms with Crippen LogP contribution in [0.5, 0.6) is 0 Å². The summed E-state index contributed by atoms with van der Waals surface area (Å²) in [6.45, 7) is 2.16. The van der Waals surface area contributed by atoms with E-state index in [4.69, 9.17) is 10.2 Å². The highest BCUT2D eigenvalue weighted by Gasteiger charge is 2.20. The van der Waals surface area contributed by atoms with Gasteiger partial charge in [0, 0.05) is 17.6 Å². The van der Waals surface area contributed by atoms with Crippen molar-refractivity contribution >= 4 is 17.9 Å². The zero-order chi connectivity index (χ0) is 17.7. The first-order chi connectivity index (χ1) is 10.9. The lowest BCUT2D eigenvalue weighted by Gasteiger charge is -2.08. The predicted molar refractivity (Wildman–Crippen MR) is 86.4 cm³/mol. The quantitative estimate of drug-likeness (QED) is 0.330. The zero-order valence-electron chi connectivity index (χ0n) is 13.8. The zero-order valence-corrected chi connectivity index (χ0v) is 13.8. The van der Waals surface area contributed by atoms with Gasteiger partial charge in [0.2, 0.25) is 0 Å². The average molecular weight is 328 g/mol. The Morgan fingerprint density at radius 2 is 1.04 bits per heavy atom. The van der Waals surface area contributed by atoms with Crippen LogP contribution in [0.2, 0.25) is 0 Å². The van der Waals surface area contributed by atoms with E-state index in [1.165, 1.54) is 25.7 Å². The molecule has 0 amide bonds. The number of rotatable bonds is 14. The van der Waals surface area contributed by atoms with E-state index in [1.54, 1.807) is 0 Å². The SMILES string of the molecule is CCCCCCCCCC/C(C(=O)O)=C(/CCC(=O)O)C(=O)O. The molecule has 3 N–H and O–H groups in total. The molecule has 0 rings (SSSR count). The summed E-state index contributed by atoms with van der Waals surface area (Å²) in [6.07, 6.45) is 7.94. The third-order valence-corrected chi connectivity index (χ3v) is 3.75. The van der Waals surface area contributed by atoms with Crippen molar-refractivity contribution in [2.45, 2.75) is 77.6 Å². The number of carboxylic acid groups (broad SMARTS) is 3. The first-order valence-corrected chi connectivity index (χ1v) is 8.30. The molecule has 0 radical (unpaired) electrons. The molecule has 0 heterocycles. The van der Waals surface area contributed by atoms with E-state index in [1.807, 2.05) is 0 Å². The largest absolute Gasteiger partial charge is 0.481 e. The summed E-state index contributed by atoms with van der Waals surface area (Å²) in [5.74, 6) is -3.75. The molecule has 0 unspecified atom stereocenters. The van der Waals surface area contributed by atoms with Crippen LogP contribution in [-0.4, -0.2) is 33.2 Å². The third kappa shape index (κ3) is 10.5. The molecule has 0 aromatic carbocycles. The van der Waals surface area contributed by atoms with Crippen LogP contribution in [0.4, 0.5) is 0 Å². The van der Waals surface area contributed by atoms with Crippen molar-refractivity contribution in [3.05, 3.63) is 11.1 Å². The van der Waals surface area contributed by atoms with Crippen molar-refractivity contribution in [2.24, 2.45) is 0 Å². The first kappa shape index (κ1) is 21.1. The molecule has 0 bridgehead atoms. The van der Waals surface area contributed by atoms with Gasteiger partial charge in [0.15, 0.2) is 0 Å². The van der Waals surface area contributed by atoms with Gasteiger partial charge in [0.1, 0.15) is 0 Å². The van der Waals surface area contributed by atoms with Crippen molar-refractivity contribution in [1.82, 2.24) is 0 Å². The minimum absolute atomic E-state index is 0.162. The van der Waals surface area contributed by atoms with Crippen LogP contribution in [0, 0.1) is 0 Å². The molecule has 0 aromatic heterocycles. The summed E-state index contributed by atoms with van der Waals surface area (Å²) < 4.78 is 0. The molecule has 0 saturated heterocycles. The molecule has 0 aliphatic carbocycles. The lowest BCUT2D eigenvalue weighted by molar-refractivity contribution is -0.138. The van der Waals surface area contributed by atoms with E-state index in [9.17, 15) is 19.5 Å². The number of unbranched alkanes of at least 4 members (excludes halogenated alkanes) is 7. The Hall–Kier alpha value is -1.85. The van der Waals surface area contributed by atoms with Gasteiger partial charge in [-0.1, -0.05) is 51.9 Å². The van der Waals surface area contributed by atoms with Gasteiger partial charge in [0.05, 0.1) is 0 Å². The van der Waals surface area contributed by atoms with Gasteiger partial charge in [-0.3, -0.25) is 4.79 Å². The molecule has 0 spiro atoms. The minimum atomic E-state index is -1.34. The molecule has 0 saturated carbocycles. The highest BCUT2D eigenvalue weighted by Crippen LogP contribution is 2.19. The van der Waals surface area contributed by atoms with Crippen molar-refractivity contribution in [2.75, 3.05) is 0 Å². The molecule has 0 fully saturated rings. The van der Waals surface area contributed by atoms with E-state index in [0.717, 1.165) is 19.3 Å². The molecule has 0 aromatic rings. The average Bonchev–Trinajstić information content (AvgIpc) is 2.47. The van der Waals surface area contributed by atoms with Gasteiger partial charge in [-0.15, -0.1) is 0 Å². The van der Waals surface area contributed by atoms with Crippen LogP contribution in [0.25, 0.3) is 0 Å². The highest BCUT2D eigenvalue weighted by atomic mass is 16.4. The molecule has 6 nitrogen and oxygen atoms in total. The molecule has 0 aliphatic rings. The predicted octanol–water partition coefficient (Wildman–Crippen LogP) is 3.85. The van der Waals surface area contributed by atoms with Crippen LogP contribution in [0.3, 0.4) is 0 Å². The monoisotopic (exact) mass is 328 g/mol. The second-order valence-corrected chi connectivity index (χ2v) is 5.69. The topological polar surface area (TPSA) is 112 Å². The fourth-order valence-corrected chi connectivity index (χ4v) is 2.44. The van der Waals surface area contributed by atoms with Gasteiger partial charge in [-0.25, -0.2) is 9.59 Å². The standard InChI is InChI=1S/C17H28O6/c1-2-3-4-5-6-7-8-9-10-13(16(20)21)14(17(22)23)11-12-15(18)19/h2-12H2,1H3,(H,18,19)(H,20,21)(H,22,23)/b14-13+. The van der Waals surface area contributed by atoms with Crippen LogP contribution >= 0.6 is 0 Å². The molecule has 132 valence electrons.